The summed E-state index contributed by atoms with van der Waals surface area (Å²) in [6.07, 6.45) is 0.906. The molecule has 1 aromatic rings. The first kappa shape index (κ1) is 18.7. The average molecular weight is 356 g/mol. The predicted octanol–water partition coefficient (Wildman–Crippen LogP) is 0.967. The fourth-order valence-corrected chi connectivity index (χ4v) is 5.38. The maximum Gasteiger partial charge on any atom is 0.244 e. The van der Waals surface area contributed by atoms with Gasteiger partial charge in [-0.05, 0) is 49.9 Å². The van der Waals surface area contributed by atoms with Crippen LogP contribution >= 0.6 is 0 Å². The Bertz CT molecular complexity index is 724. The SMILES string of the molecule is COCC1(C(N)=O)CCCN1S(=O)(=O)c1cc(C)c(OC)c(C)c1. The van der Waals surface area contributed by atoms with Crippen molar-refractivity contribution in [1.29, 1.82) is 0 Å². The Morgan fingerprint density at radius 3 is 2.33 bits per heavy atom. The molecule has 1 aliphatic rings. The van der Waals surface area contributed by atoms with Crippen LogP contribution in [0.3, 0.4) is 0 Å². The number of nitrogens with zero attached hydrogens (tertiary/aromatic N) is 1. The van der Waals surface area contributed by atoms with Gasteiger partial charge < -0.3 is 15.2 Å². The van der Waals surface area contributed by atoms with Gasteiger partial charge in [-0.3, -0.25) is 4.79 Å². The number of hydrogen-bond acceptors (Lipinski definition) is 5. The number of sulfonamides is 1. The van der Waals surface area contributed by atoms with Gasteiger partial charge in [0.2, 0.25) is 15.9 Å². The monoisotopic (exact) mass is 356 g/mol. The first-order valence-corrected chi connectivity index (χ1v) is 9.11. The van der Waals surface area contributed by atoms with Crippen molar-refractivity contribution in [2.24, 2.45) is 5.73 Å². The minimum absolute atomic E-state index is 0.0598. The number of carbonyl (C=O) groups excluding carboxylic acids is 1. The topological polar surface area (TPSA) is 98.9 Å². The Labute approximate surface area is 142 Å². The Balaban J connectivity index is 2.56. The van der Waals surface area contributed by atoms with E-state index in [0.29, 0.717) is 29.7 Å². The molecular weight excluding hydrogens is 332 g/mol. The third-order valence-electron chi connectivity index (χ3n) is 4.50. The lowest BCUT2D eigenvalue weighted by Gasteiger charge is -2.34. The van der Waals surface area contributed by atoms with Gasteiger partial charge in [0, 0.05) is 13.7 Å². The predicted molar refractivity (Wildman–Crippen MR) is 89.4 cm³/mol. The van der Waals surface area contributed by atoms with Crippen molar-refractivity contribution >= 4 is 15.9 Å². The molecule has 7 nitrogen and oxygen atoms in total. The number of primary amides is 1. The van der Waals surface area contributed by atoms with Crippen LogP contribution < -0.4 is 10.5 Å². The number of amides is 1. The zero-order valence-electron chi connectivity index (χ0n) is 14.5. The van der Waals surface area contributed by atoms with Gasteiger partial charge in [0.25, 0.3) is 0 Å². The lowest BCUT2D eigenvalue weighted by atomic mass is 9.98. The number of ether oxygens (including phenoxy) is 2. The normalized spacial score (nSPS) is 21.8. The fraction of sp³-hybridized carbons (Fsp3) is 0.562. The van der Waals surface area contributed by atoms with Gasteiger partial charge in [0.05, 0.1) is 18.6 Å². The molecule has 134 valence electrons. The van der Waals surface area contributed by atoms with Crippen LogP contribution in [0.4, 0.5) is 0 Å². The number of aryl methyl sites for hydroxylation is 2. The highest BCUT2D eigenvalue weighted by Gasteiger charge is 2.52. The van der Waals surface area contributed by atoms with Crippen LogP contribution in [0.5, 0.6) is 5.75 Å². The average Bonchev–Trinajstić information content (AvgIpc) is 2.93. The highest BCUT2D eigenvalue weighted by molar-refractivity contribution is 7.89. The Morgan fingerprint density at radius 2 is 1.88 bits per heavy atom. The summed E-state index contributed by atoms with van der Waals surface area (Å²) in [5.74, 6) is -0.0409. The summed E-state index contributed by atoms with van der Waals surface area (Å²) in [6, 6.07) is 3.11. The van der Waals surface area contributed by atoms with Gasteiger partial charge in [-0.1, -0.05) is 0 Å². The first-order chi connectivity index (χ1) is 11.2. The number of methoxy groups -OCH3 is 2. The molecule has 1 unspecified atom stereocenters. The van der Waals surface area contributed by atoms with Crippen LogP contribution in [0.15, 0.2) is 17.0 Å². The molecule has 1 fully saturated rings. The van der Waals surface area contributed by atoms with Gasteiger partial charge in [-0.2, -0.15) is 4.31 Å². The molecule has 1 atom stereocenters. The van der Waals surface area contributed by atoms with Crippen molar-refractivity contribution in [3.63, 3.8) is 0 Å². The van der Waals surface area contributed by atoms with Gasteiger partial charge in [-0.25, -0.2) is 8.42 Å². The number of benzene rings is 1. The first-order valence-electron chi connectivity index (χ1n) is 7.67. The van der Waals surface area contributed by atoms with Crippen LogP contribution in [0.2, 0.25) is 0 Å². The molecule has 1 aliphatic heterocycles. The highest BCUT2D eigenvalue weighted by Crippen LogP contribution is 2.36. The summed E-state index contributed by atoms with van der Waals surface area (Å²) in [4.78, 5) is 12.2. The number of hydrogen-bond donors (Lipinski definition) is 1. The molecule has 24 heavy (non-hydrogen) atoms. The third-order valence-corrected chi connectivity index (χ3v) is 6.44. The van der Waals surface area contributed by atoms with Crippen LogP contribution in [0.1, 0.15) is 24.0 Å². The summed E-state index contributed by atoms with van der Waals surface area (Å²) < 4.78 is 37.9. The third kappa shape index (κ3) is 2.89. The van der Waals surface area contributed by atoms with Crippen molar-refractivity contribution in [3.8, 4) is 5.75 Å². The van der Waals surface area contributed by atoms with Crippen molar-refractivity contribution in [2.75, 3.05) is 27.4 Å². The summed E-state index contributed by atoms with van der Waals surface area (Å²) in [5.41, 5.74) is 5.64. The lowest BCUT2D eigenvalue weighted by Crippen LogP contribution is -2.58. The van der Waals surface area contributed by atoms with Crippen molar-refractivity contribution in [1.82, 2.24) is 4.31 Å². The highest BCUT2D eigenvalue weighted by atomic mass is 32.2. The van der Waals surface area contributed by atoms with E-state index in [1.807, 2.05) is 0 Å². The molecule has 0 radical (unpaired) electrons. The van der Waals surface area contributed by atoms with E-state index in [1.54, 1.807) is 33.1 Å². The molecule has 0 saturated carbocycles. The van der Waals surface area contributed by atoms with E-state index >= 15 is 0 Å². The number of carbonyl (C=O) groups is 1. The maximum absolute atomic E-state index is 13.2. The van der Waals surface area contributed by atoms with Gasteiger partial charge in [0.15, 0.2) is 0 Å². The molecule has 1 aromatic carbocycles. The molecule has 0 bridgehead atoms. The van der Waals surface area contributed by atoms with Crippen LogP contribution in [0.25, 0.3) is 0 Å². The van der Waals surface area contributed by atoms with Crippen LogP contribution in [-0.4, -0.2) is 51.5 Å². The van der Waals surface area contributed by atoms with Gasteiger partial charge in [-0.15, -0.1) is 0 Å². The lowest BCUT2D eigenvalue weighted by molar-refractivity contribution is -0.128. The van der Waals surface area contributed by atoms with E-state index in [9.17, 15) is 13.2 Å². The van der Waals surface area contributed by atoms with E-state index in [2.05, 4.69) is 0 Å². The Morgan fingerprint density at radius 1 is 1.29 bits per heavy atom. The summed E-state index contributed by atoms with van der Waals surface area (Å²) in [6.45, 7) is 3.74. The van der Waals surface area contributed by atoms with E-state index in [4.69, 9.17) is 15.2 Å². The molecule has 8 heteroatoms. The van der Waals surface area contributed by atoms with Crippen LogP contribution in [-0.2, 0) is 19.6 Å². The molecule has 2 rings (SSSR count). The number of rotatable bonds is 6. The van der Waals surface area contributed by atoms with Crippen molar-refractivity contribution in [2.45, 2.75) is 37.1 Å². The fourth-order valence-electron chi connectivity index (χ4n) is 3.41. The second kappa shape index (κ2) is 6.70. The largest absolute Gasteiger partial charge is 0.496 e. The van der Waals surface area contributed by atoms with Crippen molar-refractivity contribution in [3.05, 3.63) is 23.3 Å². The van der Waals surface area contributed by atoms with E-state index < -0.39 is 21.5 Å². The molecule has 0 aliphatic carbocycles. The molecule has 0 aromatic heterocycles. The summed E-state index contributed by atoms with van der Waals surface area (Å²) in [7, 11) is -0.918. The molecule has 1 heterocycles. The Hall–Kier alpha value is -1.64. The molecule has 1 saturated heterocycles. The zero-order chi connectivity index (χ0) is 18.1. The summed E-state index contributed by atoms with van der Waals surface area (Å²) >= 11 is 0. The summed E-state index contributed by atoms with van der Waals surface area (Å²) in [5, 5.41) is 0. The molecule has 1 amide bonds. The quantitative estimate of drug-likeness (QED) is 0.819. The van der Waals surface area contributed by atoms with Crippen molar-refractivity contribution < 1.29 is 22.7 Å². The minimum Gasteiger partial charge on any atom is -0.496 e. The number of nitrogens with two attached hydrogens (primary N) is 1. The van der Waals surface area contributed by atoms with Gasteiger partial charge in [0.1, 0.15) is 11.3 Å². The van der Waals surface area contributed by atoms with E-state index in [1.165, 1.54) is 11.4 Å². The second-order valence-corrected chi connectivity index (χ2v) is 7.96. The molecule has 2 N–H and O–H groups in total. The molecule has 0 spiro atoms. The minimum atomic E-state index is -3.89. The Kier molecular flexibility index (Phi) is 5.22. The second-order valence-electron chi connectivity index (χ2n) is 6.10. The van der Waals surface area contributed by atoms with Crippen LogP contribution in [0, 0.1) is 13.8 Å². The smallest absolute Gasteiger partial charge is 0.244 e. The van der Waals surface area contributed by atoms with Gasteiger partial charge >= 0.3 is 0 Å². The standard InChI is InChI=1S/C16H24N2O5S/c1-11-8-13(9-12(2)14(11)23-4)24(20,21)18-7-5-6-16(18,10-22-3)15(17)19/h8-9H,5-7,10H2,1-4H3,(H2,17,19). The van der Waals surface area contributed by atoms with E-state index in [-0.39, 0.29) is 18.0 Å². The van der Waals surface area contributed by atoms with E-state index in [0.717, 1.165) is 0 Å². The maximum atomic E-state index is 13.2. The zero-order valence-corrected chi connectivity index (χ0v) is 15.3. The molecular formula is C16H24N2O5S.